The molecule has 4 heterocycles. The first-order valence-corrected chi connectivity index (χ1v) is 21.4. The molecule has 1 spiro atoms. The standard InChI is InChI=1S/C58H34N4O/c1-2-14-36(15-3-1)55-59-56(37-30-28-35(29-31-37)39-19-12-21-44-42-18-6-11-27-52(42)63-54(39)44)61-57(60-55)38-32-33-47-45(34-38)40-16-4-7-22-46(40)58(47)48-23-8-10-26-51(48)62-50-25-9-5-17-41(50)43-20-13-24-49(58)53(43)62/h1-34H. The number of nitrogens with zero attached hydrogens (tertiary/aromatic N) is 4. The minimum atomic E-state index is -0.529. The van der Waals surface area contributed by atoms with Crippen molar-refractivity contribution >= 4 is 43.7 Å². The van der Waals surface area contributed by atoms with Crippen LogP contribution in [0, 0.1) is 0 Å². The number of para-hydroxylation sites is 5. The molecule has 0 saturated heterocycles. The summed E-state index contributed by atoms with van der Waals surface area (Å²) in [6.45, 7) is 0. The van der Waals surface area contributed by atoms with Crippen LogP contribution in [-0.2, 0) is 5.41 Å². The molecule has 1 aliphatic heterocycles. The molecule has 1 atom stereocenters. The molecule has 1 unspecified atom stereocenters. The zero-order valence-corrected chi connectivity index (χ0v) is 33.8. The third kappa shape index (κ3) is 4.68. The Balaban J connectivity index is 0.949. The van der Waals surface area contributed by atoms with Crippen LogP contribution in [0.15, 0.2) is 211 Å². The van der Waals surface area contributed by atoms with Crippen LogP contribution < -0.4 is 0 Å². The van der Waals surface area contributed by atoms with Gasteiger partial charge in [0, 0.05) is 43.8 Å². The molecular formula is C58H34N4O. The lowest BCUT2D eigenvalue weighted by molar-refractivity contribution is 0.670. The SMILES string of the molecule is c1ccc(-c2nc(-c3ccc(-c4cccc5c4oc4ccccc45)cc3)nc(-c3ccc4c(c3)-c3ccccc3C43c4ccccc4-n4c5ccccc5c5cccc3c54)n2)cc1. The van der Waals surface area contributed by atoms with Gasteiger partial charge in [0.2, 0.25) is 0 Å². The van der Waals surface area contributed by atoms with E-state index in [4.69, 9.17) is 19.4 Å². The summed E-state index contributed by atoms with van der Waals surface area (Å²) in [5.41, 5.74) is 17.4. The second kappa shape index (κ2) is 12.8. The first kappa shape index (κ1) is 34.3. The smallest absolute Gasteiger partial charge is 0.164 e. The first-order chi connectivity index (χ1) is 31.2. The lowest BCUT2D eigenvalue weighted by atomic mass is 9.65. The van der Waals surface area contributed by atoms with Gasteiger partial charge in [-0.2, -0.15) is 0 Å². The molecule has 0 fully saturated rings. The average Bonchev–Trinajstić information content (AvgIpc) is 4.01. The van der Waals surface area contributed by atoms with E-state index in [0.717, 1.165) is 49.8 Å². The summed E-state index contributed by atoms with van der Waals surface area (Å²) >= 11 is 0. The molecule has 1 aliphatic carbocycles. The van der Waals surface area contributed by atoms with Crippen molar-refractivity contribution in [1.29, 1.82) is 0 Å². The summed E-state index contributed by atoms with van der Waals surface area (Å²) in [7, 11) is 0. The summed E-state index contributed by atoms with van der Waals surface area (Å²) in [6.07, 6.45) is 0. The van der Waals surface area contributed by atoms with E-state index in [1.807, 2.05) is 30.3 Å². The van der Waals surface area contributed by atoms with Crippen LogP contribution in [-0.4, -0.2) is 19.5 Å². The summed E-state index contributed by atoms with van der Waals surface area (Å²) < 4.78 is 8.88. The van der Waals surface area contributed by atoms with E-state index < -0.39 is 5.41 Å². The van der Waals surface area contributed by atoms with Crippen molar-refractivity contribution in [2.75, 3.05) is 0 Å². The van der Waals surface area contributed by atoms with Crippen molar-refractivity contribution in [3.05, 3.63) is 229 Å². The molecule has 63 heavy (non-hydrogen) atoms. The van der Waals surface area contributed by atoms with Crippen molar-refractivity contribution in [1.82, 2.24) is 19.5 Å². The van der Waals surface area contributed by atoms with Crippen molar-refractivity contribution in [3.8, 4) is 62.1 Å². The average molecular weight is 803 g/mol. The first-order valence-electron chi connectivity index (χ1n) is 21.4. The molecule has 14 rings (SSSR count). The molecule has 9 aromatic carbocycles. The second-order valence-electron chi connectivity index (χ2n) is 16.7. The Hall–Kier alpha value is -8.41. The Bertz CT molecular complexity index is 3860. The molecule has 0 saturated carbocycles. The Labute approximate surface area is 362 Å². The molecule has 2 aliphatic rings. The van der Waals surface area contributed by atoms with Crippen LogP contribution >= 0.6 is 0 Å². The number of fused-ring (bicyclic) bond motifs is 15. The zero-order chi connectivity index (χ0) is 41.2. The van der Waals surface area contributed by atoms with Gasteiger partial charge in [-0.15, -0.1) is 0 Å². The van der Waals surface area contributed by atoms with E-state index in [2.05, 4.69) is 180 Å². The van der Waals surface area contributed by atoms with E-state index in [1.165, 1.54) is 60.9 Å². The highest BCUT2D eigenvalue weighted by molar-refractivity contribution is 6.13. The molecular weight excluding hydrogens is 769 g/mol. The number of rotatable bonds is 4. The Morgan fingerprint density at radius 1 is 0.365 bits per heavy atom. The Morgan fingerprint density at radius 3 is 1.79 bits per heavy atom. The van der Waals surface area contributed by atoms with Crippen LogP contribution in [0.2, 0.25) is 0 Å². The van der Waals surface area contributed by atoms with E-state index >= 15 is 0 Å². The van der Waals surface area contributed by atoms with Crippen molar-refractivity contribution in [3.63, 3.8) is 0 Å². The van der Waals surface area contributed by atoms with Crippen molar-refractivity contribution in [2.24, 2.45) is 0 Å². The maximum Gasteiger partial charge on any atom is 0.164 e. The van der Waals surface area contributed by atoms with Gasteiger partial charge < -0.3 is 8.98 Å². The molecule has 292 valence electrons. The topological polar surface area (TPSA) is 56.7 Å². The van der Waals surface area contributed by atoms with E-state index in [9.17, 15) is 0 Å². The minimum Gasteiger partial charge on any atom is -0.455 e. The van der Waals surface area contributed by atoms with Gasteiger partial charge in [-0.05, 0) is 63.2 Å². The van der Waals surface area contributed by atoms with Gasteiger partial charge in [-0.1, -0.05) is 182 Å². The van der Waals surface area contributed by atoms with Gasteiger partial charge in [0.05, 0.1) is 22.1 Å². The molecule has 0 radical (unpaired) electrons. The van der Waals surface area contributed by atoms with E-state index in [1.54, 1.807) is 0 Å². The quantitative estimate of drug-likeness (QED) is 0.178. The van der Waals surface area contributed by atoms with Crippen LogP contribution in [0.4, 0.5) is 0 Å². The number of hydrogen-bond donors (Lipinski definition) is 0. The third-order valence-electron chi connectivity index (χ3n) is 13.5. The fourth-order valence-corrected chi connectivity index (χ4v) is 10.8. The van der Waals surface area contributed by atoms with Gasteiger partial charge in [0.1, 0.15) is 11.2 Å². The fourth-order valence-electron chi connectivity index (χ4n) is 10.8. The summed E-state index contributed by atoms with van der Waals surface area (Å²) in [5.74, 6) is 1.87. The molecule has 5 heteroatoms. The number of benzene rings is 9. The fraction of sp³-hybridized carbons (Fsp3) is 0.0172. The lowest BCUT2D eigenvalue weighted by Gasteiger charge is -2.39. The molecule has 0 N–H and O–H groups in total. The van der Waals surface area contributed by atoms with Gasteiger partial charge in [-0.3, -0.25) is 0 Å². The number of furan rings is 1. The zero-order valence-electron chi connectivity index (χ0n) is 33.8. The molecule has 0 bridgehead atoms. The van der Waals surface area contributed by atoms with E-state index in [-0.39, 0.29) is 0 Å². The predicted octanol–water partition coefficient (Wildman–Crippen LogP) is 14.2. The maximum absolute atomic E-state index is 6.40. The highest BCUT2D eigenvalue weighted by Crippen LogP contribution is 2.61. The minimum absolute atomic E-state index is 0.529. The maximum atomic E-state index is 6.40. The van der Waals surface area contributed by atoms with Crippen LogP contribution in [0.25, 0.3) is 106 Å². The van der Waals surface area contributed by atoms with Crippen LogP contribution in [0.1, 0.15) is 22.3 Å². The number of aromatic nitrogens is 4. The van der Waals surface area contributed by atoms with Gasteiger partial charge in [-0.25, -0.2) is 15.0 Å². The van der Waals surface area contributed by atoms with Crippen molar-refractivity contribution in [2.45, 2.75) is 5.41 Å². The van der Waals surface area contributed by atoms with Gasteiger partial charge in [0.15, 0.2) is 17.5 Å². The lowest BCUT2D eigenvalue weighted by Crippen LogP contribution is -2.33. The predicted molar refractivity (Wildman–Crippen MR) is 254 cm³/mol. The third-order valence-corrected chi connectivity index (χ3v) is 13.5. The summed E-state index contributed by atoms with van der Waals surface area (Å²) in [5, 5.41) is 4.76. The summed E-state index contributed by atoms with van der Waals surface area (Å²) in [6, 6.07) is 73.7. The molecule has 0 amide bonds. The highest BCUT2D eigenvalue weighted by Gasteiger charge is 2.50. The molecule has 5 nitrogen and oxygen atoms in total. The van der Waals surface area contributed by atoms with Gasteiger partial charge >= 0.3 is 0 Å². The van der Waals surface area contributed by atoms with Gasteiger partial charge in [0.25, 0.3) is 0 Å². The van der Waals surface area contributed by atoms with Crippen molar-refractivity contribution < 1.29 is 4.42 Å². The van der Waals surface area contributed by atoms with E-state index in [0.29, 0.717) is 17.5 Å². The Kier molecular flexibility index (Phi) is 6.97. The largest absolute Gasteiger partial charge is 0.455 e. The van der Waals surface area contributed by atoms with Crippen LogP contribution in [0.5, 0.6) is 0 Å². The molecule has 3 aromatic heterocycles. The second-order valence-corrected chi connectivity index (χ2v) is 16.7. The monoisotopic (exact) mass is 802 g/mol. The number of hydrogen-bond acceptors (Lipinski definition) is 4. The molecule has 12 aromatic rings. The Morgan fingerprint density at radius 2 is 0.937 bits per heavy atom. The highest BCUT2D eigenvalue weighted by atomic mass is 16.3. The van der Waals surface area contributed by atoms with Crippen LogP contribution in [0.3, 0.4) is 0 Å². The summed E-state index contributed by atoms with van der Waals surface area (Å²) in [4.78, 5) is 15.5. The normalized spacial score (nSPS) is 14.7.